The predicted octanol–water partition coefficient (Wildman–Crippen LogP) is 3.47. The average molecular weight is 452 g/mol. The number of primary amides is 1. The maximum atomic E-state index is 13.1. The van der Waals surface area contributed by atoms with Crippen molar-refractivity contribution in [3.05, 3.63) is 41.1 Å². The number of benzene rings is 1. The summed E-state index contributed by atoms with van der Waals surface area (Å²) in [4.78, 5) is 36.2. The first-order valence-electron chi connectivity index (χ1n) is 11.6. The van der Waals surface area contributed by atoms with E-state index in [1.807, 2.05) is 39.0 Å². The Morgan fingerprint density at radius 2 is 2.06 bits per heavy atom. The molecule has 4 rings (SSSR count). The number of nitrogens with zero attached hydrogens (tertiary/aromatic N) is 3. The van der Waals surface area contributed by atoms with Gasteiger partial charge >= 0.3 is 6.09 Å². The van der Waals surface area contributed by atoms with Crippen LogP contribution in [0.25, 0.3) is 11.3 Å². The largest absolute Gasteiger partial charge is 0.448 e. The molecule has 1 aromatic carbocycles. The van der Waals surface area contributed by atoms with E-state index in [2.05, 4.69) is 17.1 Å². The highest BCUT2D eigenvalue weighted by Gasteiger charge is 2.30. The van der Waals surface area contributed by atoms with Crippen molar-refractivity contribution in [2.24, 2.45) is 11.1 Å². The maximum Gasteiger partial charge on any atom is 0.404 e. The molecule has 8 heteroatoms. The molecule has 33 heavy (non-hydrogen) atoms. The molecule has 0 saturated carbocycles. The predicted molar refractivity (Wildman–Crippen MR) is 127 cm³/mol. The summed E-state index contributed by atoms with van der Waals surface area (Å²) in [5.74, 6) is 0.558. The molecule has 1 saturated heterocycles. The lowest BCUT2D eigenvalue weighted by Gasteiger charge is -2.39. The number of ether oxygens (including phenoxy) is 1. The third kappa shape index (κ3) is 4.94. The van der Waals surface area contributed by atoms with Gasteiger partial charge in [0.1, 0.15) is 6.61 Å². The summed E-state index contributed by atoms with van der Waals surface area (Å²) in [7, 11) is 0. The van der Waals surface area contributed by atoms with Crippen molar-refractivity contribution < 1.29 is 14.3 Å². The number of amides is 2. The third-order valence-corrected chi connectivity index (χ3v) is 6.64. The second-order valence-electron chi connectivity index (χ2n) is 10.1. The van der Waals surface area contributed by atoms with Gasteiger partial charge in [-0.3, -0.25) is 4.79 Å². The highest BCUT2D eigenvalue weighted by atomic mass is 16.5. The molecule has 3 N–H and O–H groups in total. The Morgan fingerprint density at radius 3 is 2.70 bits per heavy atom. The van der Waals surface area contributed by atoms with E-state index in [9.17, 15) is 9.59 Å². The topological polar surface area (TPSA) is 110 Å². The normalized spacial score (nSPS) is 18.3. The van der Waals surface area contributed by atoms with E-state index in [4.69, 9.17) is 20.4 Å². The molecule has 2 aromatic rings. The molecule has 2 heterocycles. The molecule has 1 aromatic heterocycles. The lowest BCUT2D eigenvalue weighted by Crippen LogP contribution is -2.47. The summed E-state index contributed by atoms with van der Waals surface area (Å²) < 4.78 is 4.97. The van der Waals surface area contributed by atoms with Gasteiger partial charge in [0.15, 0.2) is 0 Å². The second-order valence-corrected chi connectivity index (χ2v) is 10.1. The van der Waals surface area contributed by atoms with Crippen LogP contribution in [0.15, 0.2) is 24.3 Å². The van der Waals surface area contributed by atoms with Crippen LogP contribution in [0.5, 0.6) is 0 Å². The minimum absolute atomic E-state index is 0.0149. The van der Waals surface area contributed by atoms with Gasteiger partial charge in [0.05, 0.1) is 11.7 Å². The van der Waals surface area contributed by atoms with Gasteiger partial charge in [-0.25, -0.2) is 14.8 Å². The first kappa shape index (κ1) is 23.0. The number of aryl methyl sites for hydroxylation is 1. The Hall–Kier alpha value is -3.16. The van der Waals surface area contributed by atoms with Gasteiger partial charge in [-0.1, -0.05) is 32.9 Å². The average Bonchev–Trinajstić information content (AvgIpc) is 3.22. The van der Waals surface area contributed by atoms with E-state index in [1.165, 1.54) is 5.56 Å². The minimum atomic E-state index is -0.856. The molecule has 0 radical (unpaired) electrons. The fourth-order valence-corrected chi connectivity index (χ4v) is 4.32. The number of anilines is 1. The van der Waals surface area contributed by atoms with Crippen molar-refractivity contribution in [2.75, 3.05) is 18.1 Å². The quantitative estimate of drug-likeness (QED) is 0.696. The van der Waals surface area contributed by atoms with Crippen LogP contribution >= 0.6 is 0 Å². The number of carbonyl (C=O) groups is 2. The van der Waals surface area contributed by atoms with Crippen LogP contribution in [0.1, 0.15) is 62.2 Å². The number of hydrogen-bond donors (Lipinski definition) is 2. The molecule has 8 nitrogen and oxygen atoms in total. The summed E-state index contributed by atoms with van der Waals surface area (Å²) in [6.45, 7) is 9.10. The SMILES string of the molecule is CC1CCN1c1nc2c(c(-c3cccc(C(=O)NC(COC(N)=O)C(C)(C)C)c3)n1)CCC2. The van der Waals surface area contributed by atoms with Gasteiger partial charge in [-0.15, -0.1) is 0 Å². The molecule has 2 amide bonds. The Bertz CT molecular complexity index is 1060. The van der Waals surface area contributed by atoms with Crippen molar-refractivity contribution in [3.8, 4) is 11.3 Å². The smallest absolute Gasteiger partial charge is 0.404 e. The van der Waals surface area contributed by atoms with Crippen molar-refractivity contribution in [2.45, 2.75) is 65.5 Å². The van der Waals surface area contributed by atoms with Crippen molar-refractivity contribution in [1.29, 1.82) is 0 Å². The molecule has 1 aliphatic carbocycles. The Morgan fingerprint density at radius 1 is 1.27 bits per heavy atom. The summed E-state index contributed by atoms with van der Waals surface area (Å²) in [5.41, 5.74) is 9.48. The van der Waals surface area contributed by atoms with E-state index in [0.29, 0.717) is 11.6 Å². The van der Waals surface area contributed by atoms with Gasteiger partial charge in [-0.05, 0) is 50.2 Å². The number of rotatable bonds is 6. The van der Waals surface area contributed by atoms with E-state index in [1.54, 1.807) is 6.07 Å². The highest BCUT2D eigenvalue weighted by Crippen LogP contribution is 2.34. The zero-order valence-corrected chi connectivity index (χ0v) is 19.9. The Labute approximate surface area is 194 Å². The van der Waals surface area contributed by atoms with Crippen molar-refractivity contribution >= 4 is 17.9 Å². The number of aromatic nitrogens is 2. The van der Waals surface area contributed by atoms with Gasteiger partial charge < -0.3 is 20.7 Å². The summed E-state index contributed by atoms with van der Waals surface area (Å²) in [6.07, 6.45) is 3.29. The number of fused-ring (bicyclic) bond motifs is 1. The monoisotopic (exact) mass is 451 g/mol. The fourth-order valence-electron chi connectivity index (χ4n) is 4.32. The zero-order valence-electron chi connectivity index (χ0n) is 19.9. The molecular weight excluding hydrogens is 418 g/mol. The van der Waals surface area contributed by atoms with Crippen molar-refractivity contribution in [1.82, 2.24) is 15.3 Å². The molecule has 2 aliphatic rings. The Balaban J connectivity index is 1.62. The first-order chi connectivity index (χ1) is 15.6. The van der Waals surface area contributed by atoms with Gasteiger partial charge in [0.25, 0.3) is 5.91 Å². The van der Waals surface area contributed by atoms with E-state index in [0.717, 1.165) is 55.1 Å². The third-order valence-electron chi connectivity index (χ3n) is 6.64. The molecule has 1 aliphatic heterocycles. The van der Waals surface area contributed by atoms with Gasteiger partial charge in [0.2, 0.25) is 5.95 Å². The Kier molecular flexibility index (Phi) is 6.28. The summed E-state index contributed by atoms with van der Waals surface area (Å²) in [5, 5.41) is 3.00. The number of hydrogen-bond acceptors (Lipinski definition) is 6. The maximum absolute atomic E-state index is 13.1. The molecule has 1 fully saturated rings. The minimum Gasteiger partial charge on any atom is -0.448 e. The van der Waals surface area contributed by atoms with E-state index >= 15 is 0 Å². The van der Waals surface area contributed by atoms with Crippen LogP contribution in [-0.4, -0.2) is 47.2 Å². The molecule has 176 valence electrons. The second kappa shape index (κ2) is 9.00. The number of carbonyl (C=O) groups excluding carboxylic acids is 2. The van der Waals surface area contributed by atoms with Crippen LogP contribution in [0.2, 0.25) is 0 Å². The molecule has 0 spiro atoms. The fraction of sp³-hybridized carbons (Fsp3) is 0.520. The zero-order chi connectivity index (χ0) is 23.8. The van der Waals surface area contributed by atoms with Crippen LogP contribution < -0.4 is 16.0 Å². The standard InChI is InChI=1S/C25H33N5O3/c1-15-11-12-30(15)24-27-19-10-6-9-18(19)21(29-24)16-7-5-8-17(13-16)22(31)28-20(25(2,3)4)14-33-23(26)32/h5,7-8,13,15,20H,6,9-12,14H2,1-4H3,(H2,26,32)(H,28,31). The molecular formula is C25H33N5O3. The molecule has 0 bridgehead atoms. The molecule has 2 atom stereocenters. The summed E-state index contributed by atoms with van der Waals surface area (Å²) in [6, 6.07) is 7.61. The lowest BCUT2D eigenvalue weighted by molar-refractivity contribution is 0.0804. The van der Waals surface area contributed by atoms with Crippen LogP contribution in [0.3, 0.4) is 0 Å². The summed E-state index contributed by atoms with van der Waals surface area (Å²) >= 11 is 0. The van der Waals surface area contributed by atoms with Crippen LogP contribution in [-0.2, 0) is 17.6 Å². The van der Waals surface area contributed by atoms with Crippen molar-refractivity contribution in [3.63, 3.8) is 0 Å². The van der Waals surface area contributed by atoms with Crippen LogP contribution in [0, 0.1) is 5.41 Å². The first-order valence-corrected chi connectivity index (χ1v) is 11.6. The van der Waals surface area contributed by atoms with E-state index < -0.39 is 6.09 Å². The molecule has 2 unspecified atom stereocenters. The number of nitrogens with two attached hydrogens (primary N) is 1. The van der Waals surface area contributed by atoms with E-state index in [-0.39, 0.29) is 24.0 Å². The number of nitrogens with one attached hydrogen (secondary N) is 1. The van der Waals surface area contributed by atoms with Crippen LogP contribution in [0.4, 0.5) is 10.7 Å². The highest BCUT2D eigenvalue weighted by molar-refractivity contribution is 5.95. The van der Waals surface area contributed by atoms with Gasteiger partial charge in [-0.2, -0.15) is 0 Å². The lowest BCUT2D eigenvalue weighted by atomic mass is 9.87. The van der Waals surface area contributed by atoms with Gasteiger partial charge in [0, 0.05) is 35.0 Å².